The summed E-state index contributed by atoms with van der Waals surface area (Å²) < 4.78 is 0. The lowest BCUT2D eigenvalue weighted by Gasteiger charge is -2.03. The summed E-state index contributed by atoms with van der Waals surface area (Å²) in [4.78, 5) is 12.6. The molecule has 0 bridgehead atoms. The van der Waals surface area contributed by atoms with E-state index >= 15 is 0 Å². The molecule has 0 fully saturated rings. The highest BCUT2D eigenvalue weighted by Crippen LogP contribution is 2.17. The second-order valence-corrected chi connectivity index (χ2v) is 5.78. The Labute approximate surface area is 121 Å². The summed E-state index contributed by atoms with van der Waals surface area (Å²) in [7, 11) is 0. The van der Waals surface area contributed by atoms with Gasteiger partial charge in [0.1, 0.15) is 5.75 Å². The maximum absolute atomic E-state index is 10.6. The second kappa shape index (κ2) is 7.07. The van der Waals surface area contributed by atoms with Crippen LogP contribution < -0.4 is 5.32 Å². The molecule has 5 heteroatoms. The lowest BCUT2D eigenvalue weighted by Crippen LogP contribution is -2.15. The van der Waals surface area contributed by atoms with Gasteiger partial charge in [0.15, 0.2) is 0 Å². The predicted octanol–water partition coefficient (Wildman–Crippen LogP) is 2.41. The topological polar surface area (TPSA) is 69.6 Å². The van der Waals surface area contributed by atoms with Crippen molar-refractivity contribution in [2.45, 2.75) is 19.4 Å². The number of hydrogen-bond donors (Lipinski definition) is 3. The lowest BCUT2D eigenvalue weighted by atomic mass is 10.1. The Balaban J connectivity index is 1.71. The maximum atomic E-state index is 10.6. The minimum absolute atomic E-state index is 0.0954. The van der Waals surface area contributed by atoms with Gasteiger partial charge >= 0.3 is 5.97 Å². The molecule has 0 aliphatic heterocycles. The zero-order chi connectivity index (χ0) is 14.4. The van der Waals surface area contributed by atoms with E-state index in [2.05, 4.69) is 5.32 Å². The fourth-order valence-corrected chi connectivity index (χ4v) is 2.85. The Kier molecular flexibility index (Phi) is 5.15. The third-order valence-electron chi connectivity index (χ3n) is 2.87. The molecule has 1 aromatic heterocycles. The SMILES string of the molecule is O=C(O)Cc1ccc(CNCCc2ccc(O)cc2)s1. The van der Waals surface area contributed by atoms with E-state index in [9.17, 15) is 9.90 Å². The van der Waals surface area contributed by atoms with Crippen molar-refractivity contribution in [1.82, 2.24) is 5.32 Å². The smallest absolute Gasteiger partial charge is 0.308 e. The molecule has 20 heavy (non-hydrogen) atoms. The molecule has 0 saturated heterocycles. The molecule has 0 atom stereocenters. The van der Waals surface area contributed by atoms with Crippen molar-refractivity contribution in [3.8, 4) is 5.75 Å². The third kappa shape index (κ3) is 4.68. The number of phenolic OH excluding ortho intramolecular Hbond substituents is 1. The van der Waals surface area contributed by atoms with Gasteiger partial charge in [-0.15, -0.1) is 11.3 Å². The molecule has 0 unspecified atom stereocenters. The highest BCUT2D eigenvalue weighted by molar-refractivity contribution is 7.12. The van der Waals surface area contributed by atoms with Gasteiger partial charge in [-0.2, -0.15) is 0 Å². The lowest BCUT2D eigenvalue weighted by molar-refractivity contribution is -0.136. The Bertz CT molecular complexity index is 563. The quantitative estimate of drug-likeness (QED) is 0.685. The molecule has 3 N–H and O–H groups in total. The molecule has 0 aliphatic rings. The van der Waals surface area contributed by atoms with E-state index in [4.69, 9.17) is 5.11 Å². The molecule has 0 radical (unpaired) electrons. The zero-order valence-electron chi connectivity index (χ0n) is 11.0. The molecule has 4 nitrogen and oxygen atoms in total. The fraction of sp³-hybridized carbons (Fsp3) is 0.267. The van der Waals surface area contributed by atoms with Gasteiger partial charge in [-0.1, -0.05) is 12.1 Å². The Hall–Kier alpha value is -1.85. The summed E-state index contributed by atoms with van der Waals surface area (Å²) in [6.07, 6.45) is 0.992. The standard InChI is InChI=1S/C15H17NO3S/c17-12-3-1-11(2-4-12)7-8-16-10-14-6-5-13(20-14)9-15(18)19/h1-6,16-17H,7-10H2,(H,18,19). The van der Waals surface area contributed by atoms with Crippen LogP contribution in [0.3, 0.4) is 0 Å². The summed E-state index contributed by atoms with van der Waals surface area (Å²) in [5.41, 5.74) is 1.17. The number of benzene rings is 1. The summed E-state index contributed by atoms with van der Waals surface area (Å²) >= 11 is 1.53. The monoisotopic (exact) mass is 291 g/mol. The van der Waals surface area contributed by atoms with Gasteiger partial charge in [0, 0.05) is 16.3 Å². The van der Waals surface area contributed by atoms with Gasteiger partial charge in [-0.25, -0.2) is 0 Å². The Morgan fingerprint density at radius 1 is 1.10 bits per heavy atom. The first kappa shape index (κ1) is 14.6. The van der Waals surface area contributed by atoms with E-state index in [0.29, 0.717) is 0 Å². The largest absolute Gasteiger partial charge is 0.508 e. The molecule has 0 amide bonds. The highest BCUT2D eigenvalue weighted by Gasteiger charge is 2.04. The molecule has 2 rings (SSSR count). The van der Waals surface area contributed by atoms with Crippen LogP contribution in [-0.4, -0.2) is 22.7 Å². The zero-order valence-corrected chi connectivity index (χ0v) is 11.8. The van der Waals surface area contributed by atoms with Crippen LogP contribution in [0.5, 0.6) is 5.75 Å². The van der Waals surface area contributed by atoms with Crippen molar-refractivity contribution in [1.29, 1.82) is 0 Å². The molecule has 1 aromatic carbocycles. The number of hydrogen-bond acceptors (Lipinski definition) is 4. The first-order chi connectivity index (χ1) is 9.63. The minimum Gasteiger partial charge on any atom is -0.508 e. The number of carboxylic acids is 1. The molecule has 2 aromatic rings. The van der Waals surface area contributed by atoms with E-state index in [-0.39, 0.29) is 12.2 Å². The van der Waals surface area contributed by atoms with Gasteiger partial charge in [0.2, 0.25) is 0 Å². The van der Waals surface area contributed by atoms with E-state index in [1.54, 1.807) is 12.1 Å². The summed E-state index contributed by atoms with van der Waals surface area (Å²) in [5, 5.41) is 21.2. The molecule has 0 aliphatic carbocycles. The van der Waals surface area contributed by atoms with Crippen LogP contribution in [0.4, 0.5) is 0 Å². The number of phenols is 1. The number of carbonyl (C=O) groups is 1. The average Bonchev–Trinajstić information content (AvgIpc) is 2.83. The number of thiophene rings is 1. The van der Waals surface area contributed by atoms with Gasteiger partial charge < -0.3 is 15.5 Å². The number of nitrogens with one attached hydrogen (secondary N) is 1. The van der Waals surface area contributed by atoms with Crippen LogP contribution >= 0.6 is 11.3 Å². The first-order valence-corrected chi connectivity index (χ1v) is 7.23. The summed E-state index contributed by atoms with van der Waals surface area (Å²) in [5.74, 6) is -0.509. The normalized spacial score (nSPS) is 10.6. The van der Waals surface area contributed by atoms with E-state index in [1.165, 1.54) is 16.9 Å². The molecule has 0 saturated carbocycles. The summed E-state index contributed by atoms with van der Waals surface area (Å²) in [6, 6.07) is 11.0. The predicted molar refractivity (Wildman–Crippen MR) is 79.2 cm³/mol. The van der Waals surface area contributed by atoms with Crippen LogP contribution in [0, 0.1) is 0 Å². The van der Waals surface area contributed by atoms with Crippen LogP contribution in [0.1, 0.15) is 15.3 Å². The number of aliphatic carboxylic acids is 1. The van der Waals surface area contributed by atoms with Crippen LogP contribution in [0.25, 0.3) is 0 Å². The Morgan fingerprint density at radius 3 is 2.50 bits per heavy atom. The molecular formula is C15H17NO3S. The maximum Gasteiger partial charge on any atom is 0.308 e. The average molecular weight is 291 g/mol. The third-order valence-corrected chi connectivity index (χ3v) is 3.95. The number of rotatable bonds is 7. The van der Waals surface area contributed by atoms with Crippen molar-refractivity contribution in [3.63, 3.8) is 0 Å². The Morgan fingerprint density at radius 2 is 1.80 bits per heavy atom. The fourth-order valence-electron chi connectivity index (χ4n) is 1.87. The van der Waals surface area contributed by atoms with E-state index < -0.39 is 5.97 Å². The molecule has 0 spiro atoms. The van der Waals surface area contributed by atoms with E-state index in [1.807, 2.05) is 24.3 Å². The van der Waals surface area contributed by atoms with Gasteiger partial charge in [-0.3, -0.25) is 4.79 Å². The van der Waals surface area contributed by atoms with Crippen molar-refractivity contribution >= 4 is 17.3 Å². The van der Waals surface area contributed by atoms with Crippen molar-refractivity contribution in [3.05, 3.63) is 51.7 Å². The molecule has 106 valence electrons. The molecule has 1 heterocycles. The number of aromatic hydroxyl groups is 1. The number of carboxylic acid groups (broad SMARTS) is 1. The first-order valence-electron chi connectivity index (χ1n) is 6.41. The van der Waals surface area contributed by atoms with E-state index in [0.717, 1.165) is 29.3 Å². The van der Waals surface area contributed by atoms with Crippen LogP contribution in [-0.2, 0) is 24.2 Å². The minimum atomic E-state index is -0.793. The molecular weight excluding hydrogens is 274 g/mol. The van der Waals surface area contributed by atoms with Crippen LogP contribution in [0.2, 0.25) is 0 Å². The van der Waals surface area contributed by atoms with Crippen molar-refractivity contribution in [2.24, 2.45) is 0 Å². The highest BCUT2D eigenvalue weighted by atomic mass is 32.1. The van der Waals surface area contributed by atoms with Gasteiger partial charge in [-0.05, 0) is 42.8 Å². The van der Waals surface area contributed by atoms with Gasteiger partial charge in [0.05, 0.1) is 6.42 Å². The van der Waals surface area contributed by atoms with Crippen molar-refractivity contribution < 1.29 is 15.0 Å². The van der Waals surface area contributed by atoms with Gasteiger partial charge in [0.25, 0.3) is 0 Å². The summed E-state index contributed by atoms with van der Waals surface area (Å²) in [6.45, 7) is 1.60. The van der Waals surface area contributed by atoms with Crippen LogP contribution in [0.15, 0.2) is 36.4 Å². The second-order valence-electron chi connectivity index (χ2n) is 4.53. The van der Waals surface area contributed by atoms with Crippen molar-refractivity contribution in [2.75, 3.05) is 6.54 Å².